The van der Waals surface area contributed by atoms with Crippen molar-refractivity contribution in [1.82, 2.24) is 0 Å². The zero-order chi connectivity index (χ0) is 17.3. The number of methoxy groups -OCH3 is 2. The monoisotopic (exact) mass is 360 g/mol. The fourth-order valence-corrected chi connectivity index (χ4v) is 3.79. The summed E-state index contributed by atoms with van der Waals surface area (Å²) in [6, 6.07) is 13.5. The number of fused-ring (bicyclic) bond motifs is 1. The third-order valence-corrected chi connectivity index (χ3v) is 5.24. The van der Waals surface area contributed by atoms with E-state index in [2.05, 4.69) is 0 Å². The maximum absolute atomic E-state index is 12.6. The molecule has 0 spiro atoms. The Labute approximate surface area is 148 Å². The van der Waals surface area contributed by atoms with Gasteiger partial charge in [0, 0.05) is 4.90 Å². The van der Waals surface area contributed by atoms with Crippen LogP contribution in [0.3, 0.4) is 0 Å². The van der Waals surface area contributed by atoms with Gasteiger partial charge in [-0.25, -0.2) is 0 Å². The molecule has 1 aliphatic carbocycles. The van der Waals surface area contributed by atoms with E-state index < -0.39 is 11.6 Å². The summed E-state index contributed by atoms with van der Waals surface area (Å²) in [6.45, 7) is 0. The number of ketones is 2. The summed E-state index contributed by atoms with van der Waals surface area (Å²) in [5.74, 6) is -1.32. The molecule has 0 saturated carbocycles. The summed E-state index contributed by atoms with van der Waals surface area (Å²) >= 11 is 7.30. The maximum atomic E-state index is 12.6. The van der Waals surface area contributed by atoms with E-state index in [4.69, 9.17) is 21.1 Å². The van der Waals surface area contributed by atoms with Crippen molar-refractivity contribution in [2.75, 3.05) is 14.2 Å². The van der Waals surface area contributed by atoms with Gasteiger partial charge in [-0.05, 0) is 16.8 Å². The second-order valence-corrected chi connectivity index (χ2v) is 6.38. The van der Waals surface area contributed by atoms with E-state index in [1.165, 1.54) is 14.2 Å². The highest BCUT2D eigenvalue weighted by atomic mass is 35.5. The average molecular weight is 361 g/mol. The van der Waals surface area contributed by atoms with Crippen LogP contribution in [0.2, 0.25) is 0 Å². The van der Waals surface area contributed by atoms with Crippen LogP contribution in [0.5, 0.6) is 0 Å². The third-order valence-electron chi connectivity index (χ3n) is 3.59. The number of thioether (sulfide) groups is 1. The fourth-order valence-electron chi connectivity index (χ4n) is 2.47. The zero-order valence-corrected chi connectivity index (χ0v) is 14.5. The van der Waals surface area contributed by atoms with Gasteiger partial charge in [0.1, 0.15) is 5.03 Å². The second-order valence-electron chi connectivity index (χ2n) is 4.95. The number of ether oxygens (including phenoxy) is 2. The number of benzene rings is 2. The van der Waals surface area contributed by atoms with Gasteiger partial charge in [0.15, 0.2) is 0 Å². The van der Waals surface area contributed by atoms with Gasteiger partial charge in [-0.15, -0.1) is 0 Å². The predicted octanol–water partition coefficient (Wildman–Crippen LogP) is 4.04. The first-order valence-electron chi connectivity index (χ1n) is 7.05. The van der Waals surface area contributed by atoms with Crippen LogP contribution < -0.4 is 0 Å². The van der Waals surface area contributed by atoms with Crippen LogP contribution in [0.4, 0.5) is 0 Å². The van der Waals surface area contributed by atoms with Gasteiger partial charge in [0.2, 0.25) is 23.1 Å². The normalized spacial score (nSPS) is 15.3. The Kier molecular flexibility index (Phi) is 4.64. The summed E-state index contributed by atoms with van der Waals surface area (Å²) < 4.78 is 10.0. The van der Waals surface area contributed by atoms with E-state index in [-0.39, 0.29) is 21.5 Å². The van der Waals surface area contributed by atoms with E-state index in [1.54, 1.807) is 0 Å². The average Bonchev–Trinajstić information content (AvgIpc) is 2.61. The number of hydrogen-bond acceptors (Lipinski definition) is 5. The predicted molar refractivity (Wildman–Crippen MR) is 93.7 cm³/mol. The Balaban J connectivity index is 2.08. The first-order valence-corrected chi connectivity index (χ1v) is 8.25. The number of hydrogen-bond donors (Lipinski definition) is 0. The summed E-state index contributed by atoms with van der Waals surface area (Å²) in [6.07, 6.45) is 0. The van der Waals surface area contributed by atoms with Crippen LogP contribution in [-0.2, 0) is 19.1 Å². The molecule has 24 heavy (non-hydrogen) atoms. The highest BCUT2D eigenvalue weighted by Crippen LogP contribution is 2.40. The Bertz CT molecular complexity index is 909. The van der Waals surface area contributed by atoms with Crippen molar-refractivity contribution in [1.29, 1.82) is 0 Å². The summed E-state index contributed by atoms with van der Waals surface area (Å²) in [7, 11) is 2.62. The number of carbonyl (C=O) groups excluding carboxylic acids is 2. The minimum Gasteiger partial charge on any atom is -0.489 e. The topological polar surface area (TPSA) is 52.6 Å². The number of halogens is 1. The lowest BCUT2D eigenvalue weighted by atomic mass is 10.1. The molecule has 0 radical (unpaired) electrons. The van der Waals surface area contributed by atoms with Crippen molar-refractivity contribution < 1.29 is 19.1 Å². The highest BCUT2D eigenvalue weighted by molar-refractivity contribution is 8.04. The molecule has 0 saturated heterocycles. The molecule has 0 atom stereocenters. The molecule has 3 rings (SSSR count). The van der Waals surface area contributed by atoms with Crippen LogP contribution >= 0.6 is 23.4 Å². The van der Waals surface area contributed by atoms with E-state index >= 15 is 0 Å². The first-order chi connectivity index (χ1) is 11.6. The van der Waals surface area contributed by atoms with Crippen molar-refractivity contribution in [3.8, 4) is 0 Å². The lowest BCUT2D eigenvalue weighted by molar-refractivity contribution is -0.120. The fraction of sp³-hybridized carbons (Fsp3) is 0.111. The van der Waals surface area contributed by atoms with Crippen molar-refractivity contribution in [2.45, 2.75) is 4.90 Å². The second kappa shape index (κ2) is 6.71. The summed E-state index contributed by atoms with van der Waals surface area (Å²) in [5, 5.41) is 1.85. The summed E-state index contributed by atoms with van der Waals surface area (Å²) in [5.41, 5.74) is 0. The molecule has 0 unspecified atom stereocenters. The highest BCUT2D eigenvalue weighted by Gasteiger charge is 2.36. The minimum absolute atomic E-state index is 0.130. The zero-order valence-electron chi connectivity index (χ0n) is 13.0. The van der Waals surface area contributed by atoms with E-state index in [1.807, 2.05) is 42.5 Å². The van der Waals surface area contributed by atoms with E-state index in [0.29, 0.717) is 0 Å². The van der Waals surface area contributed by atoms with Gasteiger partial charge in [-0.1, -0.05) is 59.8 Å². The smallest absolute Gasteiger partial charge is 0.244 e. The largest absolute Gasteiger partial charge is 0.489 e. The molecule has 122 valence electrons. The molecule has 2 aromatic rings. The van der Waals surface area contributed by atoms with Crippen LogP contribution in [0.1, 0.15) is 0 Å². The molecule has 0 bridgehead atoms. The van der Waals surface area contributed by atoms with Crippen molar-refractivity contribution >= 4 is 45.7 Å². The molecular formula is C18H13ClO4S. The number of carbonyl (C=O) groups is 2. The third kappa shape index (κ3) is 2.70. The van der Waals surface area contributed by atoms with Crippen molar-refractivity contribution in [3.05, 3.63) is 63.9 Å². The van der Waals surface area contributed by atoms with E-state index in [9.17, 15) is 9.59 Å². The van der Waals surface area contributed by atoms with Crippen LogP contribution in [0, 0.1) is 0 Å². The molecule has 0 aromatic heterocycles. The maximum Gasteiger partial charge on any atom is 0.244 e. The molecule has 4 nitrogen and oxygen atoms in total. The molecular weight excluding hydrogens is 348 g/mol. The Morgan fingerprint density at radius 1 is 0.875 bits per heavy atom. The SMILES string of the molecule is COC1=C(OC)C(=O)C(Sc2cccc3ccccc23)=C(Cl)C1=O. The van der Waals surface area contributed by atoms with Crippen LogP contribution in [-0.4, -0.2) is 25.8 Å². The van der Waals surface area contributed by atoms with Gasteiger partial charge in [0.25, 0.3) is 0 Å². The van der Waals surface area contributed by atoms with E-state index in [0.717, 1.165) is 27.4 Å². The molecule has 0 N–H and O–H groups in total. The van der Waals surface area contributed by atoms with Gasteiger partial charge in [0.05, 0.1) is 19.1 Å². The van der Waals surface area contributed by atoms with Gasteiger partial charge < -0.3 is 9.47 Å². The number of Topliss-reactive ketones (excluding diaryl/α,β-unsaturated/α-hetero) is 2. The number of rotatable bonds is 4. The molecule has 2 aromatic carbocycles. The minimum atomic E-state index is -0.557. The molecule has 0 aliphatic heterocycles. The molecule has 6 heteroatoms. The standard InChI is InChI=1S/C18H13ClO4S/c1-22-16-14(20)13(19)18(15(21)17(16)23-2)24-12-9-5-7-10-6-3-4-8-11(10)12/h3-9H,1-2H3. The molecule has 0 heterocycles. The summed E-state index contributed by atoms with van der Waals surface area (Å²) in [4.78, 5) is 25.9. The first kappa shape index (κ1) is 16.6. The Morgan fingerprint density at radius 2 is 1.50 bits per heavy atom. The van der Waals surface area contributed by atoms with Gasteiger partial charge in [-0.2, -0.15) is 0 Å². The number of allylic oxidation sites excluding steroid dienone is 2. The lowest BCUT2D eigenvalue weighted by Gasteiger charge is -2.19. The van der Waals surface area contributed by atoms with Crippen molar-refractivity contribution in [3.63, 3.8) is 0 Å². The van der Waals surface area contributed by atoms with Crippen LogP contribution in [0.25, 0.3) is 10.8 Å². The Hall–Kier alpha value is -2.24. The van der Waals surface area contributed by atoms with Crippen molar-refractivity contribution in [2.24, 2.45) is 0 Å². The quantitative estimate of drug-likeness (QED) is 0.770. The molecule has 0 fully saturated rings. The van der Waals surface area contributed by atoms with Gasteiger partial charge >= 0.3 is 0 Å². The molecule has 1 aliphatic rings. The van der Waals surface area contributed by atoms with Crippen LogP contribution in [0.15, 0.2) is 68.8 Å². The lowest BCUT2D eigenvalue weighted by Crippen LogP contribution is -2.23. The Morgan fingerprint density at radius 3 is 2.21 bits per heavy atom. The van der Waals surface area contributed by atoms with Gasteiger partial charge in [-0.3, -0.25) is 9.59 Å². The molecule has 0 amide bonds.